The maximum Gasteiger partial charge on any atom is 0.222 e. The molecule has 0 aromatic rings. The summed E-state index contributed by atoms with van der Waals surface area (Å²) in [6.45, 7) is 4.12. The van der Waals surface area contributed by atoms with Crippen LogP contribution in [-0.4, -0.2) is 55.8 Å². The summed E-state index contributed by atoms with van der Waals surface area (Å²) >= 11 is 5.13. The van der Waals surface area contributed by atoms with Crippen molar-refractivity contribution >= 4 is 23.2 Å². The molecule has 0 aliphatic carbocycles. The molecule has 6 heteroatoms. The van der Waals surface area contributed by atoms with E-state index in [1.807, 2.05) is 4.90 Å². The lowest BCUT2D eigenvalue weighted by molar-refractivity contribution is -0.127. The highest BCUT2D eigenvalue weighted by atomic mass is 32.1. The van der Waals surface area contributed by atoms with Crippen LogP contribution in [0.2, 0.25) is 0 Å². The Kier molecular flexibility index (Phi) is 7.68. The number of hydrogen-bond donors (Lipinski definition) is 2. The van der Waals surface area contributed by atoms with E-state index < -0.39 is 0 Å². The van der Waals surface area contributed by atoms with Gasteiger partial charge in [-0.15, -0.1) is 0 Å². The molecule has 2 N–H and O–H groups in total. The van der Waals surface area contributed by atoms with Crippen LogP contribution in [0, 0.1) is 0 Å². The highest BCUT2D eigenvalue weighted by Crippen LogP contribution is 2.09. The fraction of sp³-hybridized carbons (Fsp3) is 0.833. The molecular formula is C12H23N3O2S. The van der Waals surface area contributed by atoms with E-state index in [2.05, 4.69) is 10.6 Å². The van der Waals surface area contributed by atoms with Gasteiger partial charge in [0.25, 0.3) is 0 Å². The first-order chi connectivity index (χ1) is 8.74. The zero-order valence-corrected chi connectivity index (χ0v) is 11.9. The molecule has 0 aromatic carbocycles. The Hall–Kier alpha value is -0.880. The molecule has 1 amide bonds. The van der Waals surface area contributed by atoms with Crippen molar-refractivity contribution in [1.82, 2.24) is 15.5 Å². The van der Waals surface area contributed by atoms with Crippen LogP contribution in [0.5, 0.6) is 0 Å². The lowest BCUT2D eigenvalue weighted by atomic mass is 10.4. The Bertz CT molecular complexity index is 274. The van der Waals surface area contributed by atoms with Gasteiger partial charge < -0.3 is 20.3 Å². The fourth-order valence-corrected chi connectivity index (χ4v) is 2.10. The lowest BCUT2D eigenvalue weighted by Crippen LogP contribution is -2.37. The number of methoxy groups -OCH3 is 1. The fourth-order valence-electron chi connectivity index (χ4n) is 1.89. The number of likely N-dealkylation sites (tertiary alicyclic amines) is 1. The molecular weight excluding hydrogens is 250 g/mol. The zero-order valence-electron chi connectivity index (χ0n) is 11.0. The van der Waals surface area contributed by atoms with E-state index in [0.29, 0.717) is 11.5 Å². The molecule has 18 heavy (non-hydrogen) atoms. The number of thiocarbonyl (C=S) groups is 1. The Labute approximate surface area is 114 Å². The molecule has 0 unspecified atom stereocenters. The van der Waals surface area contributed by atoms with Crippen LogP contribution in [0.1, 0.15) is 25.7 Å². The third kappa shape index (κ3) is 6.16. The number of hydrogen-bond acceptors (Lipinski definition) is 3. The summed E-state index contributed by atoms with van der Waals surface area (Å²) in [5, 5.41) is 6.93. The molecule has 104 valence electrons. The van der Waals surface area contributed by atoms with Gasteiger partial charge >= 0.3 is 0 Å². The molecule has 1 fully saturated rings. The number of amides is 1. The molecule has 0 aromatic heterocycles. The third-order valence-corrected chi connectivity index (χ3v) is 3.16. The number of ether oxygens (including phenoxy) is 1. The van der Waals surface area contributed by atoms with E-state index in [4.69, 9.17) is 17.0 Å². The van der Waals surface area contributed by atoms with Crippen LogP contribution in [0.15, 0.2) is 0 Å². The number of nitrogens with one attached hydrogen (secondary N) is 2. The summed E-state index contributed by atoms with van der Waals surface area (Å²) in [7, 11) is 1.69. The van der Waals surface area contributed by atoms with Gasteiger partial charge in [-0.05, 0) is 31.5 Å². The van der Waals surface area contributed by atoms with Gasteiger partial charge in [0, 0.05) is 46.3 Å². The molecule has 0 radical (unpaired) electrons. The highest BCUT2D eigenvalue weighted by Gasteiger charge is 2.18. The van der Waals surface area contributed by atoms with E-state index in [9.17, 15) is 4.79 Å². The average Bonchev–Trinajstić information content (AvgIpc) is 2.76. The van der Waals surface area contributed by atoms with Gasteiger partial charge in [-0.25, -0.2) is 0 Å². The average molecular weight is 273 g/mol. The number of carbonyl (C=O) groups is 1. The van der Waals surface area contributed by atoms with Crippen molar-refractivity contribution < 1.29 is 9.53 Å². The summed E-state index contributed by atoms with van der Waals surface area (Å²) < 4.78 is 4.95. The Morgan fingerprint density at radius 3 is 2.72 bits per heavy atom. The van der Waals surface area contributed by atoms with Gasteiger partial charge in [0.15, 0.2) is 5.11 Å². The summed E-state index contributed by atoms with van der Waals surface area (Å²) in [5.74, 6) is 0.287. The first-order valence-electron chi connectivity index (χ1n) is 6.52. The van der Waals surface area contributed by atoms with Crippen LogP contribution >= 0.6 is 12.2 Å². The minimum atomic E-state index is 0.287. The second-order valence-corrected chi connectivity index (χ2v) is 4.78. The molecule has 1 saturated heterocycles. The van der Waals surface area contributed by atoms with Crippen molar-refractivity contribution in [1.29, 1.82) is 0 Å². The SMILES string of the molecule is COCCCNC(=S)NCCCN1CCCC1=O. The third-order valence-electron chi connectivity index (χ3n) is 2.87. The van der Waals surface area contributed by atoms with Crippen molar-refractivity contribution in [2.45, 2.75) is 25.7 Å². The molecule has 5 nitrogen and oxygen atoms in total. The van der Waals surface area contributed by atoms with Crippen molar-refractivity contribution in [3.8, 4) is 0 Å². The first-order valence-corrected chi connectivity index (χ1v) is 6.93. The lowest BCUT2D eigenvalue weighted by Gasteiger charge is -2.16. The van der Waals surface area contributed by atoms with E-state index >= 15 is 0 Å². The van der Waals surface area contributed by atoms with Crippen molar-refractivity contribution in [2.24, 2.45) is 0 Å². The van der Waals surface area contributed by atoms with Gasteiger partial charge in [0.2, 0.25) is 5.91 Å². The van der Waals surface area contributed by atoms with Crippen LogP contribution in [0.25, 0.3) is 0 Å². The zero-order chi connectivity index (χ0) is 13.2. The molecule has 1 aliphatic rings. The summed E-state index contributed by atoms with van der Waals surface area (Å²) in [5.41, 5.74) is 0. The second-order valence-electron chi connectivity index (χ2n) is 4.37. The van der Waals surface area contributed by atoms with Crippen molar-refractivity contribution in [3.63, 3.8) is 0 Å². The maximum absolute atomic E-state index is 11.4. The topological polar surface area (TPSA) is 53.6 Å². The maximum atomic E-state index is 11.4. The Morgan fingerprint density at radius 1 is 1.39 bits per heavy atom. The number of nitrogens with zero attached hydrogens (tertiary/aromatic N) is 1. The first kappa shape index (κ1) is 15.2. The van der Waals surface area contributed by atoms with Gasteiger partial charge in [-0.1, -0.05) is 0 Å². The molecule has 0 atom stereocenters. The Balaban J connectivity index is 1.93. The molecule has 1 heterocycles. The van der Waals surface area contributed by atoms with Crippen LogP contribution < -0.4 is 10.6 Å². The van der Waals surface area contributed by atoms with E-state index in [-0.39, 0.29) is 5.91 Å². The summed E-state index contributed by atoms with van der Waals surface area (Å²) in [4.78, 5) is 13.3. The van der Waals surface area contributed by atoms with Gasteiger partial charge in [0.1, 0.15) is 0 Å². The second kappa shape index (κ2) is 9.10. The molecule has 0 saturated carbocycles. The molecule has 0 spiro atoms. The van der Waals surface area contributed by atoms with Crippen LogP contribution in [-0.2, 0) is 9.53 Å². The molecule has 1 aliphatic heterocycles. The standard InChI is InChI=1S/C12H23N3O2S/c1-17-10-4-7-14-12(18)13-6-3-9-15-8-2-5-11(15)16/h2-10H2,1H3,(H2,13,14,18). The monoisotopic (exact) mass is 273 g/mol. The molecule has 0 bridgehead atoms. The van der Waals surface area contributed by atoms with E-state index in [1.54, 1.807) is 7.11 Å². The van der Waals surface area contributed by atoms with Crippen molar-refractivity contribution in [3.05, 3.63) is 0 Å². The summed E-state index contributed by atoms with van der Waals surface area (Å²) in [6.07, 6.45) is 3.60. The predicted molar refractivity (Wildman–Crippen MR) is 75.5 cm³/mol. The summed E-state index contributed by atoms with van der Waals surface area (Å²) in [6, 6.07) is 0. The smallest absolute Gasteiger partial charge is 0.222 e. The minimum Gasteiger partial charge on any atom is -0.385 e. The van der Waals surface area contributed by atoms with E-state index in [1.165, 1.54) is 0 Å². The highest BCUT2D eigenvalue weighted by molar-refractivity contribution is 7.80. The molecule has 1 rings (SSSR count). The predicted octanol–water partition coefficient (Wildman–Crippen LogP) is 0.500. The largest absolute Gasteiger partial charge is 0.385 e. The Morgan fingerprint density at radius 2 is 2.11 bits per heavy atom. The van der Waals surface area contributed by atoms with E-state index in [0.717, 1.165) is 52.0 Å². The van der Waals surface area contributed by atoms with Crippen LogP contribution in [0.4, 0.5) is 0 Å². The normalized spacial score (nSPS) is 14.9. The number of carbonyl (C=O) groups excluding carboxylic acids is 1. The quantitative estimate of drug-likeness (QED) is 0.498. The van der Waals surface area contributed by atoms with Gasteiger partial charge in [-0.2, -0.15) is 0 Å². The van der Waals surface area contributed by atoms with Crippen LogP contribution in [0.3, 0.4) is 0 Å². The van der Waals surface area contributed by atoms with Gasteiger partial charge in [-0.3, -0.25) is 4.79 Å². The van der Waals surface area contributed by atoms with Crippen molar-refractivity contribution in [2.75, 3.05) is 39.9 Å². The minimum absolute atomic E-state index is 0.287. The van der Waals surface area contributed by atoms with Gasteiger partial charge in [0.05, 0.1) is 0 Å². The number of rotatable bonds is 8.